The van der Waals surface area contributed by atoms with Crippen molar-refractivity contribution in [3.8, 4) is 10.6 Å². The third-order valence-electron chi connectivity index (χ3n) is 1.71. The number of aryl methyl sites for hydroxylation is 1. The number of halogens is 1. The summed E-state index contributed by atoms with van der Waals surface area (Å²) < 4.78 is 1.05. The molecule has 0 bridgehead atoms. The summed E-state index contributed by atoms with van der Waals surface area (Å²) in [5.41, 5.74) is 0.924. The third kappa shape index (κ3) is 1.80. The minimum atomic E-state index is 0.544. The summed E-state index contributed by atoms with van der Waals surface area (Å²) in [6, 6.07) is 2.02. The molecule has 14 heavy (non-hydrogen) atoms. The maximum atomic E-state index is 10.6. The first-order valence-corrected chi connectivity index (χ1v) is 6.36. The van der Waals surface area contributed by atoms with Crippen LogP contribution in [0.25, 0.3) is 10.6 Å². The number of nitrogens with zero attached hydrogens (tertiary/aromatic N) is 1. The van der Waals surface area contributed by atoms with Gasteiger partial charge in [0, 0.05) is 14.7 Å². The summed E-state index contributed by atoms with van der Waals surface area (Å²) in [6.45, 7) is 1.98. The predicted octanol–water partition coefficient (Wildman–Crippen LogP) is 3.76. The molecule has 72 valence electrons. The first-order chi connectivity index (χ1) is 6.70. The van der Waals surface area contributed by atoms with Crippen molar-refractivity contribution in [1.82, 2.24) is 4.98 Å². The lowest BCUT2D eigenvalue weighted by Crippen LogP contribution is -1.77. The average molecular weight is 288 g/mol. The maximum Gasteiger partial charge on any atom is 0.178 e. The first-order valence-electron chi connectivity index (χ1n) is 3.87. The van der Waals surface area contributed by atoms with Crippen molar-refractivity contribution in [2.45, 2.75) is 6.92 Å². The van der Waals surface area contributed by atoms with E-state index in [1.165, 1.54) is 11.3 Å². The van der Waals surface area contributed by atoms with Crippen LogP contribution < -0.4 is 0 Å². The van der Waals surface area contributed by atoms with Crippen molar-refractivity contribution >= 4 is 44.9 Å². The zero-order valence-corrected chi connectivity index (χ0v) is 10.5. The zero-order valence-electron chi connectivity index (χ0n) is 7.28. The molecule has 0 saturated heterocycles. The SMILES string of the molecule is Cc1sc(C=O)nc1-c1cc(Br)cs1. The number of aldehydes is 1. The second kappa shape index (κ2) is 3.92. The van der Waals surface area contributed by atoms with Crippen LogP contribution >= 0.6 is 38.6 Å². The van der Waals surface area contributed by atoms with E-state index in [0.717, 1.165) is 26.2 Å². The van der Waals surface area contributed by atoms with Gasteiger partial charge in [-0.2, -0.15) is 0 Å². The number of rotatable bonds is 2. The number of carbonyl (C=O) groups excluding carboxylic acids is 1. The molecule has 0 N–H and O–H groups in total. The Balaban J connectivity index is 2.50. The summed E-state index contributed by atoms with van der Waals surface area (Å²) in [5.74, 6) is 0. The number of aromatic nitrogens is 1. The van der Waals surface area contributed by atoms with E-state index in [9.17, 15) is 4.79 Å². The first kappa shape index (κ1) is 10.0. The Labute approximate surface area is 97.7 Å². The molecule has 0 aromatic carbocycles. The van der Waals surface area contributed by atoms with Gasteiger partial charge in [-0.25, -0.2) is 4.98 Å². The molecule has 0 aliphatic rings. The fourth-order valence-corrected chi connectivity index (χ4v) is 3.42. The van der Waals surface area contributed by atoms with Crippen molar-refractivity contribution in [3.63, 3.8) is 0 Å². The van der Waals surface area contributed by atoms with Crippen molar-refractivity contribution in [2.75, 3.05) is 0 Å². The number of carbonyl (C=O) groups is 1. The Kier molecular flexibility index (Phi) is 2.80. The van der Waals surface area contributed by atoms with Gasteiger partial charge in [0.25, 0.3) is 0 Å². The Hall–Kier alpha value is -0.520. The molecule has 0 aliphatic carbocycles. The van der Waals surface area contributed by atoms with Crippen LogP contribution in [0, 0.1) is 6.92 Å². The molecule has 2 rings (SSSR count). The lowest BCUT2D eigenvalue weighted by atomic mass is 10.3. The minimum Gasteiger partial charge on any atom is -0.295 e. The highest BCUT2D eigenvalue weighted by Crippen LogP contribution is 2.33. The number of thiophene rings is 1. The van der Waals surface area contributed by atoms with Gasteiger partial charge in [-0.05, 0) is 28.9 Å². The number of hydrogen-bond donors (Lipinski definition) is 0. The third-order valence-corrected chi connectivity index (χ3v) is 4.31. The fraction of sp³-hybridized carbons (Fsp3) is 0.111. The molecule has 2 aromatic rings. The van der Waals surface area contributed by atoms with Gasteiger partial charge in [-0.1, -0.05) is 0 Å². The van der Waals surface area contributed by atoms with Crippen LogP contribution in [0.3, 0.4) is 0 Å². The van der Waals surface area contributed by atoms with E-state index in [2.05, 4.69) is 20.9 Å². The van der Waals surface area contributed by atoms with Gasteiger partial charge >= 0.3 is 0 Å². The van der Waals surface area contributed by atoms with Crippen molar-refractivity contribution in [3.05, 3.63) is 25.8 Å². The molecule has 0 aliphatic heterocycles. The Morgan fingerprint density at radius 3 is 2.86 bits per heavy atom. The molecule has 0 radical (unpaired) electrons. The molecule has 0 atom stereocenters. The molecule has 2 nitrogen and oxygen atoms in total. The monoisotopic (exact) mass is 287 g/mol. The zero-order chi connectivity index (χ0) is 10.1. The van der Waals surface area contributed by atoms with E-state index in [0.29, 0.717) is 5.01 Å². The molecule has 0 saturated carbocycles. The molecular weight excluding hydrogens is 282 g/mol. The summed E-state index contributed by atoms with van der Waals surface area (Å²) in [4.78, 5) is 17.0. The molecule has 0 spiro atoms. The molecule has 0 unspecified atom stereocenters. The van der Waals surface area contributed by atoms with Gasteiger partial charge in [-0.15, -0.1) is 22.7 Å². The Bertz CT molecular complexity index is 475. The van der Waals surface area contributed by atoms with Gasteiger partial charge in [0.2, 0.25) is 0 Å². The molecular formula is C9H6BrNOS2. The van der Waals surface area contributed by atoms with Crippen LogP contribution in [-0.4, -0.2) is 11.3 Å². The van der Waals surface area contributed by atoms with Crippen molar-refractivity contribution in [1.29, 1.82) is 0 Å². The topological polar surface area (TPSA) is 30.0 Å². The smallest absolute Gasteiger partial charge is 0.178 e. The highest BCUT2D eigenvalue weighted by atomic mass is 79.9. The molecule has 5 heteroatoms. The van der Waals surface area contributed by atoms with Crippen molar-refractivity contribution in [2.24, 2.45) is 0 Å². The minimum absolute atomic E-state index is 0.544. The van der Waals surface area contributed by atoms with Crippen LogP contribution in [0.4, 0.5) is 0 Å². The van der Waals surface area contributed by atoms with Crippen LogP contribution in [0.5, 0.6) is 0 Å². The van der Waals surface area contributed by atoms with E-state index >= 15 is 0 Å². The molecule has 2 heterocycles. The largest absolute Gasteiger partial charge is 0.295 e. The van der Waals surface area contributed by atoms with Gasteiger partial charge in [0.1, 0.15) is 0 Å². The van der Waals surface area contributed by atoms with E-state index in [1.54, 1.807) is 11.3 Å². The van der Waals surface area contributed by atoms with Gasteiger partial charge in [0.15, 0.2) is 11.3 Å². The second-order valence-electron chi connectivity index (χ2n) is 2.70. The predicted molar refractivity (Wildman–Crippen MR) is 63.3 cm³/mol. The van der Waals surface area contributed by atoms with E-state index in [1.807, 2.05) is 18.4 Å². The summed E-state index contributed by atoms with van der Waals surface area (Å²) >= 11 is 6.45. The molecule has 0 amide bonds. The average Bonchev–Trinajstić information content (AvgIpc) is 2.71. The summed E-state index contributed by atoms with van der Waals surface area (Å²) in [6.07, 6.45) is 0.795. The lowest BCUT2D eigenvalue weighted by Gasteiger charge is -1.90. The number of thiazole rings is 1. The summed E-state index contributed by atoms with van der Waals surface area (Å²) in [7, 11) is 0. The van der Waals surface area contributed by atoms with E-state index < -0.39 is 0 Å². The van der Waals surface area contributed by atoms with Crippen LogP contribution in [0.1, 0.15) is 14.7 Å². The quantitative estimate of drug-likeness (QED) is 0.788. The highest BCUT2D eigenvalue weighted by molar-refractivity contribution is 9.10. The van der Waals surface area contributed by atoms with Crippen LogP contribution in [0.15, 0.2) is 15.9 Å². The van der Waals surface area contributed by atoms with E-state index in [-0.39, 0.29) is 0 Å². The second-order valence-corrected chi connectivity index (χ2v) is 5.77. The molecule has 0 fully saturated rings. The van der Waals surface area contributed by atoms with Crippen LogP contribution in [0.2, 0.25) is 0 Å². The Morgan fingerprint density at radius 1 is 1.57 bits per heavy atom. The van der Waals surface area contributed by atoms with Gasteiger partial charge in [-0.3, -0.25) is 4.79 Å². The maximum absolute atomic E-state index is 10.6. The molecule has 2 aromatic heterocycles. The normalized spacial score (nSPS) is 10.4. The summed E-state index contributed by atoms with van der Waals surface area (Å²) in [5, 5.41) is 2.55. The number of hydrogen-bond acceptors (Lipinski definition) is 4. The van der Waals surface area contributed by atoms with Crippen LogP contribution in [-0.2, 0) is 0 Å². The standard InChI is InChI=1S/C9H6BrNOS2/c1-5-9(11-8(3-12)14-5)7-2-6(10)4-13-7/h2-4H,1H3. The van der Waals surface area contributed by atoms with Gasteiger partial charge < -0.3 is 0 Å². The fourth-order valence-electron chi connectivity index (χ4n) is 1.13. The van der Waals surface area contributed by atoms with E-state index in [4.69, 9.17) is 0 Å². The van der Waals surface area contributed by atoms with Crippen molar-refractivity contribution < 1.29 is 4.79 Å². The Morgan fingerprint density at radius 2 is 2.36 bits per heavy atom. The highest BCUT2D eigenvalue weighted by Gasteiger charge is 2.10. The van der Waals surface area contributed by atoms with Gasteiger partial charge in [0.05, 0.1) is 10.6 Å². The lowest BCUT2D eigenvalue weighted by molar-refractivity contribution is 0.112.